The summed E-state index contributed by atoms with van der Waals surface area (Å²) < 4.78 is 4.77. The molecule has 1 heterocycles. The van der Waals surface area contributed by atoms with Crippen molar-refractivity contribution >= 4 is 11.6 Å². The number of aliphatic hydroxyl groups excluding tert-OH is 2. The molecule has 0 aromatic carbocycles. The first kappa shape index (κ1) is 6.71. The zero-order chi connectivity index (χ0) is 6.85. The van der Waals surface area contributed by atoms with Gasteiger partial charge in [0.1, 0.15) is 12.4 Å². The molecule has 0 amide bonds. The lowest BCUT2D eigenvalue weighted by atomic mass is 10.4. The molecule has 1 atom stereocenters. The van der Waals surface area contributed by atoms with Crippen molar-refractivity contribution in [2.24, 2.45) is 0 Å². The van der Waals surface area contributed by atoms with E-state index in [-0.39, 0.29) is 24.5 Å². The molecule has 0 fully saturated rings. The molecular formula is C5H7ClO3. The molecule has 0 radical (unpaired) electrons. The van der Waals surface area contributed by atoms with Gasteiger partial charge >= 0.3 is 0 Å². The van der Waals surface area contributed by atoms with Gasteiger partial charge in [-0.25, -0.2) is 0 Å². The fraction of sp³-hybridized carbons (Fsp3) is 0.600. The Balaban J connectivity index is 2.58. The van der Waals surface area contributed by atoms with Crippen LogP contribution in [0.25, 0.3) is 0 Å². The summed E-state index contributed by atoms with van der Waals surface area (Å²) in [4.78, 5) is 0. The Bertz CT molecular complexity index is 143. The Labute approximate surface area is 57.5 Å². The third-order valence-electron chi connectivity index (χ3n) is 1.09. The lowest BCUT2D eigenvalue weighted by Gasteiger charge is -2.00. The Hall–Kier alpha value is -0.410. The minimum absolute atomic E-state index is 0.0532. The second kappa shape index (κ2) is 2.45. The van der Waals surface area contributed by atoms with Crippen molar-refractivity contribution in [3.8, 4) is 0 Å². The van der Waals surface area contributed by atoms with Crippen molar-refractivity contribution < 1.29 is 14.9 Å². The van der Waals surface area contributed by atoms with Crippen LogP contribution in [0, 0.1) is 0 Å². The number of alkyl halides is 1. The fourth-order valence-electron chi connectivity index (χ4n) is 0.658. The molecule has 0 aromatic heterocycles. The van der Waals surface area contributed by atoms with Crippen LogP contribution in [0.5, 0.6) is 0 Å². The molecule has 52 valence electrons. The van der Waals surface area contributed by atoms with E-state index in [2.05, 4.69) is 0 Å². The largest absolute Gasteiger partial charge is 0.509 e. The summed E-state index contributed by atoms with van der Waals surface area (Å²) in [6.45, 7) is -0.283. The summed E-state index contributed by atoms with van der Waals surface area (Å²) in [5, 5.41) is 17.3. The van der Waals surface area contributed by atoms with Gasteiger partial charge in [0.05, 0.1) is 6.42 Å². The topological polar surface area (TPSA) is 49.7 Å². The maximum atomic E-state index is 8.87. The monoisotopic (exact) mass is 150 g/mol. The van der Waals surface area contributed by atoms with E-state index in [0.717, 1.165) is 0 Å². The quantitative estimate of drug-likeness (QED) is 0.542. The fourth-order valence-corrected chi connectivity index (χ4v) is 0.912. The minimum Gasteiger partial charge on any atom is -0.509 e. The summed E-state index contributed by atoms with van der Waals surface area (Å²) in [6, 6.07) is 0. The number of ether oxygens (including phenoxy) is 1. The van der Waals surface area contributed by atoms with Crippen molar-refractivity contribution in [2.45, 2.75) is 12.0 Å². The summed E-state index contributed by atoms with van der Waals surface area (Å²) in [7, 11) is 0. The molecule has 1 unspecified atom stereocenters. The van der Waals surface area contributed by atoms with Crippen molar-refractivity contribution in [3.63, 3.8) is 0 Å². The van der Waals surface area contributed by atoms with Crippen LogP contribution in [0.4, 0.5) is 0 Å². The lowest BCUT2D eigenvalue weighted by Crippen LogP contribution is -1.96. The average molecular weight is 151 g/mol. The van der Waals surface area contributed by atoms with E-state index in [0.29, 0.717) is 0 Å². The Kier molecular flexibility index (Phi) is 1.83. The van der Waals surface area contributed by atoms with E-state index in [1.165, 1.54) is 0 Å². The van der Waals surface area contributed by atoms with Gasteiger partial charge in [0.2, 0.25) is 0 Å². The van der Waals surface area contributed by atoms with Crippen molar-refractivity contribution in [1.82, 2.24) is 0 Å². The number of rotatable bonds is 1. The molecule has 0 spiro atoms. The molecule has 1 aliphatic rings. The van der Waals surface area contributed by atoms with Gasteiger partial charge in [-0.05, 0) is 0 Å². The van der Waals surface area contributed by atoms with Crippen LogP contribution < -0.4 is 0 Å². The first-order valence-electron chi connectivity index (χ1n) is 2.56. The highest BCUT2D eigenvalue weighted by molar-refractivity contribution is 6.20. The molecule has 0 saturated carbocycles. The number of aliphatic hydroxyl groups is 2. The summed E-state index contributed by atoms with van der Waals surface area (Å²) in [5.74, 6) is 0.243. The standard InChI is InChI=1S/C5H7ClO3/c6-5-1-3(8)4(2-7)9-5/h5,7-8H,1-2H2. The second-order valence-electron chi connectivity index (χ2n) is 1.76. The maximum absolute atomic E-state index is 8.87. The number of hydrogen-bond donors (Lipinski definition) is 2. The van der Waals surface area contributed by atoms with E-state index in [9.17, 15) is 0 Å². The normalized spacial score (nSPS) is 26.7. The highest BCUT2D eigenvalue weighted by Crippen LogP contribution is 2.24. The summed E-state index contributed by atoms with van der Waals surface area (Å²) in [6.07, 6.45) is 0.289. The Morgan fingerprint density at radius 3 is 2.67 bits per heavy atom. The molecule has 0 saturated heterocycles. The van der Waals surface area contributed by atoms with Crippen LogP contribution in [0.2, 0.25) is 0 Å². The summed E-state index contributed by atoms with van der Waals surface area (Å²) in [5.41, 5.74) is -0.507. The molecule has 9 heavy (non-hydrogen) atoms. The Morgan fingerprint density at radius 2 is 2.44 bits per heavy atom. The van der Waals surface area contributed by atoms with E-state index < -0.39 is 5.56 Å². The minimum atomic E-state index is -0.507. The van der Waals surface area contributed by atoms with Gasteiger partial charge in [-0.1, -0.05) is 11.6 Å². The first-order chi connectivity index (χ1) is 4.24. The maximum Gasteiger partial charge on any atom is 0.179 e. The average Bonchev–Trinajstić information content (AvgIpc) is 2.10. The smallest absolute Gasteiger partial charge is 0.179 e. The first-order valence-corrected chi connectivity index (χ1v) is 3.00. The van der Waals surface area contributed by atoms with Crippen molar-refractivity contribution in [3.05, 3.63) is 11.5 Å². The van der Waals surface area contributed by atoms with E-state index >= 15 is 0 Å². The third kappa shape index (κ3) is 1.28. The SMILES string of the molecule is OCC1=C(O)CC(Cl)O1. The molecule has 0 aliphatic carbocycles. The van der Waals surface area contributed by atoms with E-state index in [1.807, 2.05) is 0 Å². The number of halogens is 1. The molecule has 2 N–H and O–H groups in total. The zero-order valence-corrected chi connectivity index (χ0v) is 5.43. The van der Waals surface area contributed by atoms with Crippen LogP contribution in [0.1, 0.15) is 6.42 Å². The van der Waals surface area contributed by atoms with Gasteiger partial charge in [0.25, 0.3) is 0 Å². The van der Waals surface area contributed by atoms with Gasteiger partial charge < -0.3 is 14.9 Å². The molecule has 1 rings (SSSR count). The van der Waals surface area contributed by atoms with E-state index in [4.69, 9.17) is 26.6 Å². The molecule has 1 aliphatic heterocycles. The van der Waals surface area contributed by atoms with Crippen molar-refractivity contribution in [1.29, 1.82) is 0 Å². The summed E-state index contributed by atoms with van der Waals surface area (Å²) >= 11 is 5.45. The zero-order valence-electron chi connectivity index (χ0n) is 4.67. The predicted octanol–water partition coefficient (Wildman–Crippen LogP) is 0.734. The molecular weight excluding hydrogens is 144 g/mol. The van der Waals surface area contributed by atoms with Gasteiger partial charge in [-0.15, -0.1) is 0 Å². The molecule has 0 aromatic rings. The van der Waals surface area contributed by atoms with Gasteiger partial charge in [-0.2, -0.15) is 0 Å². The van der Waals surface area contributed by atoms with Crippen LogP contribution in [0.15, 0.2) is 11.5 Å². The van der Waals surface area contributed by atoms with Gasteiger partial charge in [-0.3, -0.25) is 0 Å². The number of hydrogen-bond acceptors (Lipinski definition) is 3. The van der Waals surface area contributed by atoms with Crippen LogP contribution >= 0.6 is 11.6 Å². The highest BCUT2D eigenvalue weighted by atomic mass is 35.5. The van der Waals surface area contributed by atoms with Crippen LogP contribution in [0.3, 0.4) is 0 Å². The molecule has 0 bridgehead atoms. The predicted molar refractivity (Wildman–Crippen MR) is 32.1 cm³/mol. The lowest BCUT2D eigenvalue weighted by molar-refractivity contribution is 0.161. The third-order valence-corrected chi connectivity index (χ3v) is 1.33. The molecule has 3 nitrogen and oxygen atoms in total. The van der Waals surface area contributed by atoms with Crippen LogP contribution in [-0.2, 0) is 4.74 Å². The molecule has 4 heteroatoms. The Morgan fingerprint density at radius 1 is 1.78 bits per heavy atom. The highest BCUT2D eigenvalue weighted by Gasteiger charge is 2.22. The second-order valence-corrected chi connectivity index (χ2v) is 2.25. The van der Waals surface area contributed by atoms with Gasteiger partial charge in [0.15, 0.2) is 11.3 Å². The van der Waals surface area contributed by atoms with Gasteiger partial charge in [0, 0.05) is 0 Å². The van der Waals surface area contributed by atoms with Crippen LogP contribution in [-0.4, -0.2) is 22.4 Å². The van der Waals surface area contributed by atoms with Crippen molar-refractivity contribution in [2.75, 3.05) is 6.61 Å². The van der Waals surface area contributed by atoms with E-state index in [1.54, 1.807) is 0 Å².